The fourth-order valence-corrected chi connectivity index (χ4v) is 2.95. The number of para-hydroxylation sites is 1. The molecule has 0 atom stereocenters. The summed E-state index contributed by atoms with van der Waals surface area (Å²) in [5.74, 6) is -0.133. The third-order valence-electron chi connectivity index (χ3n) is 4.51. The Morgan fingerprint density at radius 3 is 1.83 bits per heavy atom. The monoisotopic (exact) mass is 387 g/mol. The summed E-state index contributed by atoms with van der Waals surface area (Å²) >= 11 is 0. The number of carbonyl (C=O) groups is 2. The maximum absolute atomic E-state index is 12.3. The number of amides is 2. The van der Waals surface area contributed by atoms with Gasteiger partial charge in [-0.3, -0.25) is 9.59 Å². The first-order chi connectivity index (χ1) is 14.1. The summed E-state index contributed by atoms with van der Waals surface area (Å²) < 4.78 is 0. The highest BCUT2D eigenvalue weighted by molar-refractivity contribution is 5.95. The Hall–Kier alpha value is -3.60. The quantitative estimate of drug-likeness (QED) is 0.605. The standard InChI is InChI=1S/C24H25N3O2/c1-27(22-10-6-3-7-11-22)18-24(29)26-21-15-13-20(14-16-21)25-23(28)17-12-19-8-4-2-5-9-19/h2-11,13-16H,12,17-18H2,1H3,(H,25,28)(H,26,29). The lowest BCUT2D eigenvalue weighted by Crippen LogP contribution is -2.29. The zero-order valence-electron chi connectivity index (χ0n) is 16.5. The Bertz CT molecular complexity index is 925. The molecule has 3 rings (SSSR count). The van der Waals surface area contributed by atoms with Gasteiger partial charge in [-0.2, -0.15) is 0 Å². The van der Waals surface area contributed by atoms with Crippen LogP contribution in [0, 0.1) is 0 Å². The number of hydrogen-bond donors (Lipinski definition) is 2. The third kappa shape index (κ3) is 6.50. The van der Waals surface area contributed by atoms with Gasteiger partial charge in [0.15, 0.2) is 0 Å². The molecule has 3 aromatic rings. The summed E-state index contributed by atoms with van der Waals surface area (Å²) in [4.78, 5) is 26.3. The van der Waals surface area contributed by atoms with Crippen molar-refractivity contribution >= 4 is 28.9 Å². The zero-order chi connectivity index (χ0) is 20.5. The van der Waals surface area contributed by atoms with Gasteiger partial charge in [0.25, 0.3) is 0 Å². The number of rotatable bonds is 8. The molecular formula is C24H25N3O2. The maximum Gasteiger partial charge on any atom is 0.243 e. The molecule has 0 aliphatic carbocycles. The first-order valence-electron chi connectivity index (χ1n) is 9.60. The molecule has 3 aromatic carbocycles. The van der Waals surface area contributed by atoms with Crippen LogP contribution < -0.4 is 15.5 Å². The van der Waals surface area contributed by atoms with Crippen molar-refractivity contribution in [1.82, 2.24) is 0 Å². The Morgan fingerprint density at radius 1 is 0.724 bits per heavy atom. The van der Waals surface area contributed by atoms with Crippen LogP contribution in [0.15, 0.2) is 84.9 Å². The van der Waals surface area contributed by atoms with Crippen molar-refractivity contribution in [1.29, 1.82) is 0 Å². The average molecular weight is 387 g/mol. The van der Waals surface area contributed by atoms with E-state index in [1.165, 1.54) is 0 Å². The molecule has 29 heavy (non-hydrogen) atoms. The van der Waals surface area contributed by atoms with E-state index in [0.717, 1.165) is 11.3 Å². The lowest BCUT2D eigenvalue weighted by molar-refractivity contribution is -0.116. The van der Waals surface area contributed by atoms with Crippen LogP contribution in [0.4, 0.5) is 17.1 Å². The average Bonchev–Trinajstić information content (AvgIpc) is 2.75. The van der Waals surface area contributed by atoms with E-state index >= 15 is 0 Å². The largest absolute Gasteiger partial charge is 0.365 e. The van der Waals surface area contributed by atoms with Crippen molar-refractivity contribution in [3.8, 4) is 0 Å². The molecule has 5 nitrogen and oxygen atoms in total. The summed E-state index contributed by atoms with van der Waals surface area (Å²) in [5.41, 5.74) is 3.53. The number of likely N-dealkylation sites (N-methyl/N-ethyl adjacent to an activating group) is 1. The second kappa shape index (κ2) is 10.1. The van der Waals surface area contributed by atoms with Crippen molar-refractivity contribution in [2.45, 2.75) is 12.8 Å². The number of aryl methyl sites for hydroxylation is 1. The minimum absolute atomic E-state index is 0.0323. The second-order valence-electron chi connectivity index (χ2n) is 6.85. The molecule has 0 bridgehead atoms. The molecule has 0 spiro atoms. The number of nitrogens with zero attached hydrogens (tertiary/aromatic N) is 1. The molecule has 2 N–H and O–H groups in total. The Kier molecular flexibility index (Phi) is 7.00. The van der Waals surface area contributed by atoms with E-state index in [-0.39, 0.29) is 18.4 Å². The van der Waals surface area contributed by atoms with E-state index in [0.29, 0.717) is 24.2 Å². The van der Waals surface area contributed by atoms with Crippen molar-refractivity contribution < 1.29 is 9.59 Å². The lowest BCUT2D eigenvalue weighted by atomic mass is 10.1. The van der Waals surface area contributed by atoms with Gasteiger partial charge in [0.1, 0.15) is 0 Å². The van der Waals surface area contributed by atoms with Gasteiger partial charge in [0, 0.05) is 30.5 Å². The Labute approximate surface area is 171 Å². The Balaban J connectivity index is 1.45. The summed E-state index contributed by atoms with van der Waals surface area (Å²) in [6, 6.07) is 26.8. The van der Waals surface area contributed by atoms with Crippen LogP contribution in [0.3, 0.4) is 0 Å². The van der Waals surface area contributed by atoms with Crippen LogP contribution in [0.5, 0.6) is 0 Å². The second-order valence-corrected chi connectivity index (χ2v) is 6.85. The number of anilines is 3. The number of carbonyl (C=O) groups excluding carboxylic acids is 2. The molecule has 148 valence electrons. The highest BCUT2D eigenvalue weighted by atomic mass is 16.2. The molecule has 0 aliphatic rings. The number of nitrogens with one attached hydrogen (secondary N) is 2. The van der Waals surface area contributed by atoms with Crippen LogP contribution in [-0.2, 0) is 16.0 Å². The zero-order valence-corrected chi connectivity index (χ0v) is 16.5. The van der Waals surface area contributed by atoms with Crippen molar-refractivity contribution in [3.05, 3.63) is 90.5 Å². The molecule has 0 fully saturated rings. The van der Waals surface area contributed by atoms with Gasteiger partial charge < -0.3 is 15.5 Å². The fraction of sp³-hybridized carbons (Fsp3) is 0.167. The number of hydrogen-bond acceptors (Lipinski definition) is 3. The molecule has 5 heteroatoms. The van der Waals surface area contributed by atoms with Gasteiger partial charge in [-0.05, 0) is 48.4 Å². The van der Waals surface area contributed by atoms with Crippen LogP contribution >= 0.6 is 0 Å². The smallest absolute Gasteiger partial charge is 0.243 e. The van der Waals surface area contributed by atoms with Gasteiger partial charge in [0.2, 0.25) is 11.8 Å². The van der Waals surface area contributed by atoms with Crippen LogP contribution in [-0.4, -0.2) is 25.4 Å². The first-order valence-corrected chi connectivity index (χ1v) is 9.60. The third-order valence-corrected chi connectivity index (χ3v) is 4.51. The molecule has 0 unspecified atom stereocenters. The van der Waals surface area contributed by atoms with Crippen molar-refractivity contribution in [3.63, 3.8) is 0 Å². The minimum Gasteiger partial charge on any atom is -0.365 e. The maximum atomic E-state index is 12.3. The highest BCUT2D eigenvalue weighted by Gasteiger charge is 2.08. The van der Waals surface area contributed by atoms with Gasteiger partial charge in [-0.1, -0.05) is 48.5 Å². The summed E-state index contributed by atoms with van der Waals surface area (Å²) in [6.45, 7) is 0.252. The van der Waals surface area contributed by atoms with Crippen LogP contribution in [0.2, 0.25) is 0 Å². The molecule has 0 aliphatic heterocycles. The van der Waals surface area contributed by atoms with Crippen molar-refractivity contribution in [2.24, 2.45) is 0 Å². The van der Waals surface area contributed by atoms with E-state index in [4.69, 9.17) is 0 Å². The topological polar surface area (TPSA) is 61.4 Å². The summed E-state index contributed by atoms with van der Waals surface area (Å²) in [7, 11) is 1.88. The first kappa shape index (κ1) is 20.1. The van der Waals surface area contributed by atoms with E-state index in [9.17, 15) is 9.59 Å². The minimum atomic E-state index is -0.101. The van der Waals surface area contributed by atoms with Crippen LogP contribution in [0.1, 0.15) is 12.0 Å². The van der Waals surface area contributed by atoms with E-state index in [2.05, 4.69) is 10.6 Å². The predicted molar refractivity (Wildman–Crippen MR) is 118 cm³/mol. The van der Waals surface area contributed by atoms with Gasteiger partial charge in [-0.25, -0.2) is 0 Å². The fourth-order valence-electron chi connectivity index (χ4n) is 2.95. The lowest BCUT2D eigenvalue weighted by Gasteiger charge is -2.18. The molecular weight excluding hydrogens is 362 g/mol. The van der Waals surface area contributed by atoms with E-state index in [1.54, 1.807) is 24.3 Å². The Morgan fingerprint density at radius 2 is 1.24 bits per heavy atom. The molecule has 0 saturated carbocycles. The van der Waals surface area contributed by atoms with Gasteiger partial charge in [0.05, 0.1) is 6.54 Å². The number of benzene rings is 3. The molecule has 0 aromatic heterocycles. The van der Waals surface area contributed by atoms with E-state index in [1.807, 2.05) is 72.6 Å². The van der Waals surface area contributed by atoms with E-state index < -0.39 is 0 Å². The summed E-state index contributed by atoms with van der Waals surface area (Å²) in [6.07, 6.45) is 1.13. The molecule has 2 amide bonds. The van der Waals surface area contributed by atoms with Crippen LogP contribution in [0.25, 0.3) is 0 Å². The molecule has 0 radical (unpaired) electrons. The van der Waals surface area contributed by atoms with Gasteiger partial charge in [-0.15, -0.1) is 0 Å². The summed E-state index contributed by atoms with van der Waals surface area (Å²) in [5, 5.41) is 5.76. The van der Waals surface area contributed by atoms with Crippen molar-refractivity contribution in [2.75, 3.05) is 29.1 Å². The highest BCUT2D eigenvalue weighted by Crippen LogP contribution is 2.15. The molecule has 0 saturated heterocycles. The predicted octanol–water partition coefficient (Wildman–Crippen LogP) is 4.33. The van der Waals surface area contributed by atoms with Gasteiger partial charge >= 0.3 is 0 Å². The molecule has 0 heterocycles. The normalized spacial score (nSPS) is 10.2. The SMILES string of the molecule is CN(CC(=O)Nc1ccc(NC(=O)CCc2ccccc2)cc1)c1ccccc1.